The second-order valence-electron chi connectivity index (χ2n) is 2.07. The van der Waals surface area contributed by atoms with Crippen LogP contribution in [0.15, 0.2) is 0 Å². The van der Waals surface area contributed by atoms with Crippen molar-refractivity contribution in [3.05, 3.63) is 0 Å². The molecular formula is C6H8O6Ti. The first kappa shape index (κ1) is 14.6. The van der Waals surface area contributed by atoms with E-state index in [2.05, 4.69) is 0 Å². The van der Waals surface area contributed by atoms with Gasteiger partial charge in [-0.2, -0.15) is 0 Å². The van der Waals surface area contributed by atoms with Gasteiger partial charge in [0.15, 0.2) is 5.78 Å². The van der Waals surface area contributed by atoms with E-state index in [4.69, 9.17) is 11.8 Å². The molecule has 72 valence electrons. The van der Waals surface area contributed by atoms with Crippen LogP contribution in [-0.4, -0.2) is 22.6 Å². The van der Waals surface area contributed by atoms with E-state index in [9.17, 15) is 14.4 Å². The maximum absolute atomic E-state index is 10.5. The van der Waals surface area contributed by atoms with Gasteiger partial charge in [0.25, 0.3) is 0 Å². The Hall–Kier alpha value is -0.876. The first-order chi connectivity index (χ1) is 5.93. The Labute approximate surface area is 82.9 Å². The van der Waals surface area contributed by atoms with Gasteiger partial charge in [-0.1, -0.05) is 0 Å². The number of Topliss-reactive ketones (excluding diaryl/α,β-unsaturated/α-hetero) is 2. The molecule has 0 saturated carbocycles. The minimum atomic E-state index is -2.00. The van der Waals surface area contributed by atoms with Crippen molar-refractivity contribution in [3.63, 3.8) is 0 Å². The van der Waals surface area contributed by atoms with Crippen molar-refractivity contribution in [3.8, 4) is 0 Å². The Balaban J connectivity index is 0. The van der Waals surface area contributed by atoms with Gasteiger partial charge in [-0.25, -0.2) is 0 Å². The molecule has 0 fully saturated rings. The Morgan fingerprint density at radius 3 is 1.77 bits per heavy atom. The fourth-order valence-corrected chi connectivity index (χ4v) is 0.509. The SMILES string of the molecule is CC(=O)CC(=O)CC(=O)O.[O]=[Ti]=[O]. The Morgan fingerprint density at radius 1 is 1.15 bits per heavy atom. The normalized spacial score (nSPS) is 7.46. The number of hydrogen-bond donors (Lipinski definition) is 1. The molecule has 0 radical (unpaired) electrons. The van der Waals surface area contributed by atoms with Crippen LogP contribution < -0.4 is 0 Å². The second-order valence-corrected chi connectivity index (χ2v) is 2.33. The molecule has 0 aliphatic heterocycles. The van der Waals surface area contributed by atoms with Crippen molar-refractivity contribution in [2.24, 2.45) is 0 Å². The summed E-state index contributed by atoms with van der Waals surface area (Å²) >= 11 is -2.00. The number of carbonyl (C=O) groups excluding carboxylic acids is 2. The molecule has 0 aliphatic rings. The van der Waals surface area contributed by atoms with Gasteiger partial charge in [0.1, 0.15) is 12.2 Å². The quantitative estimate of drug-likeness (QED) is 0.522. The number of carbonyl (C=O) groups is 3. The summed E-state index contributed by atoms with van der Waals surface area (Å²) in [5.41, 5.74) is 0. The molecule has 1 N–H and O–H groups in total. The number of rotatable bonds is 4. The van der Waals surface area contributed by atoms with Gasteiger partial charge in [-0.3, -0.25) is 14.4 Å². The predicted molar refractivity (Wildman–Crippen MR) is 33.9 cm³/mol. The summed E-state index contributed by atoms with van der Waals surface area (Å²) in [6.07, 6.45) is -0.828. The Kier molecular flexibility index (Phi) is 10.4. The summed E-state index contributed by atoms with van der Waals surface area (Å²) in [6, 6.07) is 0. The zero-order valence-corrected chi connectivity index (χ0v) is 8.46. The van der Waals surface area contributed by atoms with Crippen LogP contribution in [0.3, 0.4) is 0 Å². The van der Waals surface area contributed by atoms with Gasteiger partial charge in [0, 0.05) is 0 Å². The molecule has 6 nitrogen and oxygen atoms in total. The van der Waals surface area contributed by atoms with Gasteiger partial charge in [-0.15, -0.1) is 0 Å². The van der Waals surface area contributed by atoms with Crippen molar-refractivity contribution in [1.82, 2.24) is 0 Å². The van der Waals surface area contributed by atoms with E-state index in [-0.39, 0.29) is 12.2 Å². The van der Waals surface area contributed by atoms with E-state index in [1.54, 1.807) is 0 Å². The van der Waals surface area contributed by atoms with Gasteiger partial charge >= 0.3 is 31.7 Å². The van der Waals surface area contributed by atoms with Crippen molar-refractivity contribution in [2.75, 3.05) is 0 Å². The van der Waals surface area contributed by atoms with Crippen molar-refractivity contribution < 1.29 is 45.2 Å². The fourth-order valence-electron chi connectivity index (χ4n) is 0.509. The zero-order chi connectivity index (χ0) is 10.9. The minimum absolute atomic E-state index is 0.272. The number of hydrogen-bond acceptors (Lipinski definition) is 5. The predicted octanol–water partition coefficient (Wildman–Crippen LogP) is -0.231. The molecule has 7 heteroatoms. The zero-order valence-electron chi connectivity index (χ0n) is 6.90. The van der Waals surface area contributed by atoms with Crippen LogP contribution in [0.2, 0.25) is 0 Å². The molecule has 0 atom stereocenters. The summed E-state index contributed by atoms with van der Waals surface area (Å²) in [5.74, 6) is -2.03. The summed E-state index contributed by atoms with van der Waals surface area (Å²) in [7, 11) is 0. The van der Waals surface area contributed by atoms with Crippen LogP contribution in [0.5, 0.6) is 0 Å². The third-order valence-corrected chi connectivity index (χ3v) is 0.795. The van der Waals surface area contributed by atoms with Crippen LogP contribution in [-0.2, 0) is 40.1 Å². The van der Waals surface area contributed by atoms with Crippen LogP contribution in [0.25, 0.3) is 0 Å². The Morgan fingerprint density at radius 2 is 1.54 bits per heavy atom. The summed E-state index contributed by atoms with van der Waals surface area (Å²) in [6.45, 7) is 1.25. The van der Waals surface area contributed by atoms with Gasteiger partial charge in [0.2, 0.25) is 0 Å². The van der Waals surface area contributed by atoms with E-state index in [0.29, 0.717) is 0 Å². The monoisotopic (exact) mass is 224 g/mol. The molecule has 0 saturated heterocycles. The van der Waals surface area contributed by atoms with Crippen LogP contribution in [0.1, 0.15) is 19.8 Å². The standard InChI is InChI=1S/C6H8O4.2O.Ti/c1-4(7)2-5(8)3-6(9)10;;;/h2-3H2,1H3,(H,9,10);;;. The molecule has 0 aromatic rings. The summed E-state index contributed by atoms with van der Waals surface area (Å²) < 4.78 is 17.0. The van der Waals surface area contributed by atoms with Gasteiger partial charge < -0.3 is 5.11 Å². The average Bonchev–Trinajstić information content (AvgIpc) is 1.83. The van der Waals surface area contributed by atoms with Crippen LogP contribution in [0, 0.1) is 0 Å². The first-order valence-corrected chi connectivity index (χ1v) is 4.43. The molecular weight excluding hydrogens is 216 g/mol. The molecule has 0 heterocycles. The van der Waals surface area contributed by atoms with E-state index in [0.717, 1.165) is 0 Å². The van der Waals surface area contributed by atoms with E-state index >= 15 is 0 Å². The molecule has 0 aromatic heterocycles. The molecule has 13 heavy (non-hydrogen) atoms. The molecule has 0 rings (SSSR count). The number of aliphatic carboxylic acids is 1. The second kappa shape index (κ2) is 9.21. The third-order valence-electron chi connectivity index (χ3n) is 0.795. The van der Waals surface area contributed by atoms with E-state index < -0.39 is 37.3 Å². The number of carboxylic acids is 1. The van der Waals surface area contributed by atoms with Crippen molar-refractivity contribution >= 4 is 17.5 Å². The van der Waals surface area contributed by atoms with E-state index in [1.165, 1.54) is 6.92 Å². The van der Waals surface area contributed by atoms with Crippen molar-refractivity contribution in [2.45, 2.75) is 19.8 Å². The first-order valence-electron chi connectivity index (χ1n) is 3.16. The number of carboxylic acid groups (broad SMARTS) is 1. The molecule has 0 aliphatic carbocycles. The van der Waals surface area contributed by atoms with Gasteiger partial charge in [0.05, 0.1) is 6.42 Å². The molecule has 0 bridgehead atoms. The molecule has 0 unspecified atom stereocenters. The topological polar surface area (TPSA) is 106 Å². The number of ketones is 2. The summed E-state index contributed by atoms with van der Waals surface area (Å²) in [5, 5.41) is 8.06. The average molecular weight is 224 g/mol. The van der Waals surface area contributed by atoms with Gasteiger partial charge in [-0.05, 0) is 6.92 Å². The van der Waals surface area contributed by atoms with E-state index in [1.807, 2.05) is 0 Å². The fraction of sp³-hybridized carbons (Fsp3) is 0.500. The van der Waals surface area contributed by atoms with Crippen molar-refractivity contribution in [1.29, 1.82) is 0 Å². The Bertz CT molecular complexity index is 222. The maximum atomic E-state index is 10.5. The third kappa shape index (κ3) is 18.2. The molecule has 0 amide bonds. The van der Waals surface area contributed by atoms with Crippen LogP contribution in [0.4, 0.5) is 0 Å². The molecule has 0 aromatic carbocycles. The molecule has 0 spiro atoms. The summed E-state index contributed by atoms with van der Waals surface area (Å²) in [4.78, 5) is 30.5. The van der Waals surface area contributed by atoms with Crippen LogP contribution >= 0.6 is 0 Å².